The molecular formula is C33H44N2O7. The molecule has 2 aliphatic heterocycles. The third-order valence-electron chi connectivity index (χ3n) is 9.11. The molecule has 1 aromatic rings. The van der Waals surface area contributed by atoms with E-state index in [0.717, 1.165) is 49.7 Å². The molecule has 0 unspecified atom stereocenters. The summed E-state index contributed by atoms with van der Waals surface area (Å²) in [5, 5.41) is 33.9. The van der Waals surface area contributed by atoms with Gasteiger partial charge in [0.2, 0.25) is 5.91 Å². The second-order valence-electron chi connectivity index (χ2n) is 12.2. The first-order valence-electron chi connectivity index (χ1n) is 15.0. The van der Waals surface area contributed by atoms with Gasteiger partial charge in [-0.25, -0.2) is 9.59 Å². The van der Waals surface area contributed by atoms with Crippen molar-refractivity contribution in [3.8, 4) is 11.5 Å². The van der Waals surface area contributed by atoms with Crippen LogP contribution in [0.3, 0.4) is 0 Å². The second kappa shape index (κ2) is 12.7. The van der Waals surface area contributed by atoms with Crippen LogP contribution < -0.4 is 10.1 Å². The number of carboxylic acids is 1. The maximum atomic E-state index is 13.2. The number of amides is 2. The van der Waals surface area contributed by atoms with Crippen LogP contribution in [0.1, 0.15) is 83.8 Å². The fraction of sp³-hybridized carbons (Fsp3) is 0.545. The molecule has 0 radical (unpaired) electrons. The maximum absolute atomic E-state index is 13.2. The van der Waals surface area contributed by atoms with Gasteiger partial charge in [0, 0.05) is 23.9 Å². The van der Waals surface area contributed by atoms with Gasteiger partial charge in [0.1, 0.15) is 17.2 Å². The number of nitrogens with one attached hydrogen (secondary N) is 1. The number of phenols is 1. The number of ether oxygens (including phenoxy) is 1. The zero-order valence-electron chi connectivity index (χ0n) is 25.3. The summed E-state index contributed by atoms with van der Waals surface area (Å²) >= 11 is 0. The monoisotopic (exact) mass is 580 g/mol. The minimum absolute atomic E-state index is 0.0707. The molecule has 1 aliphatic carbocycles. The number of β-lactam (4-membered cyclic amide) rings is 1. The van der Waals surface area contributed by atoms with Gasteiger partial charge >= 0.3 is 12.1 Å². The molecule has 1 fully saturated rings. The molecule has 6 atom stereocenters. The number of nitrogens with zero attached hydrogens (tertiary/aromatic N) is 1. The molecule has 0 bridgehead atoms. The maximum Gasteiger partial charge on any atom is 0.412 e. The molecule has 3 aliphatic rings. The predicted octanol–water partition coefficient (Wildman–Crippen LogP) is 5.43. The first-order chi connectivity index (χ1) is 19.9. The van der Waals surface area contributed by atoms with Gasteiger partial charge in [-0.15, -0.1) is 0 Å². The van der Waals surface area contributed by atoms with Gasteiger partial charge in [-0.05, 0) is 75.6 Å². The van der Waals surface area contributed by atoms with Crippen molar-refractivity contribution in [1.82, 2.24) is 10.2 Å². The third kappa shape index (κ3) is 5.98. The lowest BCUT2D eigenvalue weighted by atomic mass is 9.73. The number of phenolic OH excluding ortho intramolecular Hbond substituents is 1. The number of carbonyl (C=O) groups excluding carboxylic acids is 2. The molecule has 1 saturated heterocycles. The summed E-state index contributed by atoms with van der Waals surface area (Å²) in [4.78, 5) is 39.2. The average molecular weight is 581 g/mol. The van der Waals surface area contributed by atoms with Crippen LogP contribution in [0.15, 0.2) is 47.2 Å². The molecule has 4 rings (SSSR count). The highest BCUT2D eigenvalue weighted by molar-refractivity contribution is 6.00. The molecule has 4 N–H and O–H groups in total. The van der Waals surface area contributed by atoms with E-state index in [0.29, 0.717) is 11.1 Å². The Kier molecular flexibility index (Phi) is 9.50. The number of rotatable bonds is 11. The standard InChI is InChI=1S/C33H44N2O7/c1-7-8-9-10-21-14-25(37)28(23-13-18(4)11-12-22(23)17(2)3)26(15-21)42-33(41)34-16-24-19(5)29-27(20(6)36)31(38)35(29)30(24)32(39)40/h13-15,19-20,22-23,27,29,36-37H,2,7-12,16H2,1,3-6H3,(H,34,41)(H,39,40)/t19-,20+,22-,23+,27+,29+/m0/s1. The second-order valence-corrected chi connectivity index (χ2v) is 12.2. The number of carbonyl (C=O) groups is 3. The molecule has 1 aromatic carbocycles. The Labute approximate surface area is 247 Å². The zero-order valence-corrected chi connectivity index (χ0v) is 25.3. The van der Waals surface area contributed by atoms with Crippen molar-refractivity contribution in [2.75, 3.05) is 6.54 Å². The number of fused-ring (bicyclic) bond motifs is 1. The molecule has 0 aromatic heterocycles. The van der Waals surface area contributed by atoms with Crippen molar-refractivity contribution in [2.45, 2.75) is 91.2 Å². The van der Waals surface area contributed by atoms with E-state index in [2.05, 4.69) is 31.8 Å². The van der Waals surface area contributed by atoms with Gasteiger partial charge in [-0.2, -0.15) is 0 Å². The van der Waals surface area contributed by atoms with E-state index in [4.69, 9.17) is 4.74 Å². The van der Waals surface area contributed by atoms with E-state index < -0.39 is 36.0 Å². The van der Waals surface area contributed by atoms with Gasteiger partial charge in [0.25, 0.3) is 0 Å². The fourth-order valence-electron chi connectivity index (χ4n) is 6.90. The molecule has 2 heterocycles. The number of aryl methyl sites for hydroxylation is 1. The molecule has 9 nitrogen and oxygen atoms in total. The number of hydrogen-bond acceptors (Lipinski definition) is 6. The van der Waals surface area contributed by atoms with Gasteiger partial charge < -0.3 is 30.3 Å². The number of hydrogen-bond donors (Lipinski definition) is 4. The number of aromatic hydroxyl groups is 1. The Morgan fingerprint density at radius 3 is 2.60 bits per heavy atom. The molecule has 0 spiro atoms. The highest BCUT2D eigenvalue weighted by atomic mass is 16.6. The summed E-state index contributed by atoms with van der Waals surface area (Å²) in [6.07, 6.45) is 5.97. The largest absolute Gasteiger partial charge is 0.507 e. The van der Waals surface area contributed by atoms with E-state index in [1.54, 1.807) is 13.0 Å². The first-order valence-corrected chi connectivity index (χ1v) is 15.0. The molecular weight excluding hydrogens is 536 g/mol. The van der Waals surface area contributed by atoms with Gasteiger partial charge in [-0.1, -0.05) is 50.5 Å². The van der Waals surface area contributed by atoms with E-state index in [-0.39, 0.29) is 41.5 Å². The molecule has 0 saturated carbocycles. The van der Waals surface area contributed by atoms with Crippen molar-refractivity contribution >= 4 is 18.0 Å². The first kappa shape index (κ1) is 31.3. The van der Waals surface area contributed by atoms with Crippen LogP contribution >= 0.6 is 0 Å². The highest BCUT2D eigenvalue weighted by Gasteiger charge is 2.59. The number of carboxylic acid groups (broad SMARTS) is 1. The topological polar surface area (TPSA) is 136 Å². The van der Waals surface area contributed by atoms with Crippen molar-refractivity contribution in [3.63, 3.8) is 0 Å². The van der Waals surface area contributed by atoms with Crippen molar-refractivity contribution in [2.24, 2.45) is 17.8 Å². The number of aliphatic hydroxyl groups is 1. The van der Waals surface area contributed by atoms with Crippen LogP contribution in [0.5, 0.6) is 11.5 Å². The Bertz CT molecular complexity index is 1330. The molecule has 9 heteroatoms. The lowest BCUT2D eigenvalue weighted by Gasteiger charge is -2.46. The van der Waals surface area contributed by atoms with Gasteiger partial charge in [0.15, 0.2) is 0 Å². The summed E-state index contributed by atoms with van der Waals surface area (Å²) < 4.78 is 5.87. The predicted molar refractivity (Wildman–Crippen MR) is 159 cm³/mol. The van der Waals surface area contributed by atoms with Crippen molar-refractivity contribution < 1.29 is 34.4 Å². The van der Waals surface area contributed by atoms with E-state index >= 15 is 0 Å². The SMILES string of the molecule is C=C(C)[C@@H]1CCC(C)=C[C@H]1c1c(O)cc(CCCCC)cc1OC(=O)NCC1=C(C(=O)O)N2C(=O)[C@H]([C@@H](C)O)[C@H]2[C@H]1C. The molecule has 42 heavy (non-hydrogen) atoms. The van der Waals surface area contributed by atoms with Crippen molar-refractivity contribution in [1.29, 1.82) is 0 Å². The van der Waals surface area contributed by atoms with Crippen molar-refractivity contribution in [3.05, 3.63) is 58.3 Å². The van der Waals surface area contributed by atoms with Crippen LogP contribution in [-0.2, 0) is 16.0 Å². The Morgan fingerprint density at radius 2 is 1.98 bits per heavy atom. The lowest BCUT2D eigenvalue weighted by Crippen LogP contribution is -2.63. The van der Waals surface area contributed by atoms with Crippen LogP contribution in [0.4, 0.5) is 4.79 Å². The van der Waals surface area contributed by atoms with Crippen LogP contribution in [0.25, 0.3) is 0 Å². The van der Waals surface area contributed by atoms with E-state index in [9.17, 15) is 29.7 Å². The Balaban J connectivity index is 1.61. The molecule has 228 valence electrons. The average Bonchev–Trinajstić information content (AvgIpc) is 3.15. The van der Waals surface area contributed by atoms with Gasteiger partial charge in [-0.3, -0.25) is 4.79 Å². The number of benzene rings is 1. The Hall–Kier alpha value is -3.59. The summed E-state index contributed by atoms with van der Waals surface area (Å²) in [7, 11) is 0. The third-order valence-corrected chi connectivity index (χ3v) is 9.11. The lowest BCUT2D eigenvalue weighted by molar-refractivity contribution is -0.163. The number of allylic oxidation sites excluding steroid dienone is 3. The normalized spacial score (nSPS) is 25.9. The van der Waals surface area contributed by atoms with E-state index in [1.807, 2.05) is 13.0 Å². The summed E-state index contributed by atoms with van der Waals surface area (Å²) in [6.45, 7) is 13.5. The number of unbranched alkanes of at least 4 members (excludes halogenated alkanes) is 2. The van der Waals surface area contributed by atoms with E-state index in [1.165, 1.54) is 17.4 Å². The summed E-state index contributed by atoms with van der Waals surface area (Å²) in [5.41, 5.74) is 3.82. The quantitative estimate of drug-likeness (QED) is 0.156. The minimum Gasteiger partial charge on any atom is -0.507 e. The summed E-state index contributed by atoms with van der Waals surface area (Å²) in [6, 6.07) is 3.10. The van der Waals surface area contributed by atoms with Crippen LogP contribution in [-0.4, -0.2) is 56.9 Å². The highest BCUT2D eigenvalue weighted by Crippen LogP contribution is 2.48. The van der Waals surface area contributed by atoms with Crippen LogP contribution in [0.2, 0.25) is 0 Å². The summed E-state index contributed by atoms with van der Waals surface area (Å²) in [5.74, 6) is -2.56. The Morgan fingerprint density at radius 1 is 1.26 bits per heavy atom. The minimum atomic E-state index is -1.26. The smallest absolute Gasteiger partial charge is 0.412 e. The van der Waals surface area contributed by atoms with Gasteiger partial charge in [0.05, 0.1) is 18.1 Å². The molecule has 2 amide bonds. The number of aliphatic carboxylic acids is 1. The number of aliphatic hydroxyl groups excluding tert-OH is 1. The zero-order chi connectivity index (χ0) is 30.9. The van der Waals surface area contributed by atoms with Crippen LogP contribution in [0, 0.1) is 17.8 Å². The fourth-order valence-corrected chi connectivity index (χ4v) is 6.90.